The third kappa shape index (κ3) is 8.20. The molecule has 0 aromatic rings. The minimum Gasteiger partial charge on any atom is -0.374 e. The van der Waals surface area contributed by atoms with Gasteiger partial charge in [0.15, 0.2) is 0 Å². The van der Waals surface area contributed by atoms with Crippen molar-refractivity contribution in [2.24, 2.45) is 5.92 Å². The molecule has 1 fully saturated rings. The molecule has 1 heterocycles. The van der Waals surface area contributed by atoms with Gasteiger partial charge in [0.1, 0.15) is 0 Å². The number of ether oxygens (including phenoxy) is 1. The number of nitrogens with one attached hydrogen (secondary N) is 1. The molecule has 1 aliphatic heterocycles. The third-order valence-corrected chi connectivity index (χ3v) is 3.67. The van der Waals surface area contributed by atoms with Gasteiger partial charge >= 0.3 is 0 Å². The van der Waals surface area contributed by atoms with Gasteiger partial charge in [0.2, 0.25) is 0 Å². The molecular formula is C16H35N3O. The lowest BCUT2D eigenvalue weighted by molar-refractivity contribution is -0.0284. The highest BCUT2D eigenvalue weighted by Crippen LogP contribution is 2.06. The minimum absolute atomic E-state index is 0.361. The summed E-state index contributed by atoms with van der Waals surface area (Å²) in [5, 5.41) is 3.47. The molecule has 1 saturated heterocycles. The number of hydrogen-bond acceptors (Lipinski definition) is 4. The maximum absolute atomic E-state index is 5.82. The first-order valence-corrected chi connectivity index (χ1v) is 8.23. The summed E-state index contributed by atoms with van der Waals surface area (Å²) < 4.78 is 5.82. The molecule has 0 aromatic carbocycles. The van der Waals surface area contributed by atoms with Gasteiger partial charge in [0.05, 0.1) is 12.7 Å². The predicted octanol–water partition coefficient (Wildman–Crippen LogP) is 1.66. The van der Waals surface area contributed by atoms with E-state index < -0.39 is 0 Å². The maximum atomic E-state index is 5.82. The Morgan fingerprint density at radius 2 is 2.05 bits per heavy atom. The van der Waals surface area contributed by atoms with Gasteiger partial charge in [-0.25, -0.2) is 0 Å². The van der Waals surface area contributed by atoms with E-state index in [0.717, 1.165) is 32.2 Å². The van der Waals surface area contributed by atoms with Gasteiger partial charge < -0.3 is 15.0 Å². The van der Waals surface area contributed by atoms with Crippen LogP contribution in [0.5, 0.6) is 0 Å². The molecule has 1 N–H and O–H groups in total. The van der Waals surface area contributed by atoms with Gasteiger partial charge in [-0.2, -0.15) is 0 Å². The second-order valence-corrected chi connectivity index (χ2v) is 6.87. The van der Waals surface area contributed by atoms with Gasteiger partial charge in [-0.15, -0.1) is 0 Å². The predicted molar refractivity (Wildman–Crippen MR) is 86.3 cm³/mol. The van der Waals surface area contributed by atoms with Crippen molar-refractivity contribution >= 4 is 0 Å². The van der Waals surface area contributed by atoms with Gasteiger partial charge in [0, 0.05) is 32.2 Å². The van der Waals surface area contributed by atoms with Crippen molar-refractivity contribution in [3.63, 3.8) is 0 Å². The van der Waals surface area contributed by atoms with Crippen LogP contribution in [-0.4, -0.2) is 74.9 Å². The molecule has 0 spiro atoms. The standard InChI is InChI=1S/C16H35N3O/c1-14(2)12-18(5)7-6-8-19-9-10-20-16(13-19)11-17-15(3)4/h14-17H,6-13H2,1-5H3/t16-/m1/s1. The minimum atomic E-state index is 0.361. The van der Waals surface area contributed by atoms with Gasteiger partial charge in [-0.1, -0.05) is 27.7 Å². The summed E-state index contributed by atoms with van der Waals surface area (Å²) in [5.74, 6) is 0.759. The molecule has 0 aromatic heterocycles. The number of morpholine rings is 1. The average Bonchev–Trinajstić information content (AvgIpc) is 2.36. The van der Waals surface area contributed by atoms with Gasteiger partial charge in [0.25, 0.3) is 0 Å². The van der Waals surface area contributed by atoms with E-state index in [-0.39, 0.29) is 0 Å². The van der Waals surface area contributed by atoms with E-state index in [1.165, 1.54) is 26.1 Å². The van der Waals surface area contributed by atoms with Crippen LogP contribution in [-0.2, 0) is 4.74 Å². The lowest BCUT2D eigenvalue weighted by Crippen LogP contribution is -2.48. The number of nitrogens with zero attached hydrogens (tertiary/aromatic N) is 2. The van der Waals surface area contributed by atoms with Crippen LogP contribution in [0.15, 0.2) is 0 Å². The van der Waals surface area contributed by atoms with Crippen LogP contribution in [0.1, 0.15) is 34.1 Å². The first kappa shape index (κ1) is 17.9. The van der Waals surface area contributed by atoms with Crippen LogP contribution in [0.2, 0.25) is 0 Å². The van der Waals surface area contributed by atoms with Gasteiger partial charge in [-0.05, 0) is 32.5 Å². The van der Waals surface area contributed by atoms with Crippen LogP contribution in [0, 0.1) is 5.92 Å². The summed E-state index contributed by atoms with van der Waals surface area (Å²) in [4.78, 5) is 5.00. The Kier molecular flexibility index (Phi) is 8.69. The van der Waals surface area contributed by atoms with Crippen LogP contribution in [0.25, 0.3) is 0 Å². The van der Waals surface area contributed by atoms with Crippen molar-refractivity contribution in [3.8, 4) is 0 Å². The molecule has 1 aliphatic rings. The fourth-order valence-electron chi connectivity index (χ4n) is 2.75. The Morgan fingerprint density at radius 3 is 2.70 bits per heavy atom. The molecule has 20 heavy (non-hydrogen) atoms. The molecule has 4 heteroatoms. The SMILES string of the molecule is CC(C)CN(C)CCCN1CCO[C@H](CNC(C)C)C1. The molecule has 120 valence electrons. The highest BCUT2D eigenvalue weighted by atomic mass is 16.5. The van der Waals surface area contributed by atoms with Crippen molar-refractivity contribution in [2.75, 3.05) is 52.9 Å². The van der Waals surface area contributed by atoms with E-state index in [1.807, 2.05) is 0 Å². The second kappa shape index (κ2) is 9.72. The summed E-state index contributed by atoms with van der Waals surface area (Å²) >= 11 is 0. The largest absolute Gasteiger partial charge is 0.374 e. The van der Waals surface area contributed by atoms with E-state index in [9.17, 15) is 0 Å². The molecule has 1 rings (SSSR count). The quantitative estimate of drug-likeness (QED) is 0.697. The van der Waals surface area contributed by atoms with E-state index in [4.69, 9.17) is 4.74 Å². The fourth-order valence-corrected chi connectivity index (χ4v) is 2.75. The lowest BCUT2D eigenvalue weighted by Gasteiger charge is -2.33. The van der Waals surface area contributed by atoms with Crippen molar-refractivity contribution in [1.82, 2.24) is 15.1 Å². The Balaban J connectivity index is 2.13. The molecule has 0 radical (unpaired) electrons. The Hall–Kier alpha value is -0.160. The van der Waals surface area contributed by atoms with Crippen LogP contribution in [0.3, 0.4) is 0 Å². The average molecular weight is 285 g/mol. The zero-order chi connectivity index (χ0) is 15.0. The van der Waals surface area contributed by atoms with E-state index in [0.29, 0.717) is 12.1 Å². The van der Waals surface area contributed by atoms with Crippen molar-refractivity contribution < 1.29 is 4.74 Å². The van der Waals surface area contributed by atoms with E-state index in [2.05, 4.69) is 49.9 Å². The summed E-state index contributed by atoms with van der Waals surface area (Å²) in [6.07, 6.45) is 1.62. The molecule has 0 bridgehead atoms. The topological polar surface area (TPSA) is 27.7 Å². The summed E-state index contributed by atoms with van der Waals surface area (Å²) in [6, 6.07) is 0.540. The van der Waals surface area contributed by atoms with Crippen LogP contribution >= 0.6 is 0 Å². The Bertz CT molecular complexity index is 246. The zero-order valence-corrected chi connectivity index (χ0v) is 14.2. The highest BCUT2D eigenvalue weighted by Gasteiger charge is 2.20. The third-order valence-electron chi connectivity index (χ3n) is 3.67. The van der Waals surface area contributed by atoms with Gasteiger partial charge in [-0.3, -0.25) is 4.90 Å². The molecule has 0 amide bonds. The molecule has 0 aliphatic carbocycles. The molecule has 4 nitrogen and oxygen atoms in total. The zero-order valence-electron chi connectivity index (χ0n) is 14.2. The summed E-state index contributed by atoms with van der Waals surface area (Å²) in [5.41, 5.74) is 0. The summed E-state index contributed by atoms with van der Waals surface area (Å²) in [6.45, 7) is 16.6. The first-order valence-electron chi connectivity index (χ1n) is 8.23. The molecule has 0 unspecified atom stereocenters. The Labute approximate surface area is 125 Å². The summed E-state index contributed by atoms with van der Waals surface area (Å²) in [7, 11) is 2.23. The fraction of sp³-hybridized carbons (Fsp3) is 1.00. The number of hydrogen-bond donors (Lipinski definition) is 1. The smallest absolute Gasteiger partial charge is 0.0826 e. The van der Waals surface area contributed by atoms with E-state index >= 15 is 0 Å². The molecule has 1 atom stereocenters. The normalized spacial score (nSPS) is 21.3. The van der Waals surface area contributed by atoms with Crippen molar-refractivity contribution in [1.29, 1.82) is 0 Å². The van der Waals surface area contributed by atoms with Crippen LogP contribution in [0.4, 0.5) is 0 Å². The van der Waals surface area contributed by atoms with Crippen molar-refractivity contribution in [2.45, 2.75) is 46.3 Å². The van der Waals surface area contributed by atoms with Crippen molar-refractivity contribution in [3.05, 3.63) is 0 Å². The lowest BCUT2D eigenvalue weighted by atomic mass is 10.2. The maximum Gasteiger partial charge on any atom is 0.0826 e. The monoisotopic (exact) mass is 285 g/mol. The van der Waals surface area contributed by atoms with E-state index in [1.54, 1.807) is 0 Å². The number of rotatable bonds is 9. The Morgan fingerprint density at radius 1 is 1.30 bits per heavy atom. The molecular weight excluding hydrogens is 250 g/mol. The molecule has 0 saturated carbocycles. The highest BCUT2D eigenvalue weighted by molar-refractivity contribution is 4.74. The van der Waals surface area contributed by atoms with Crippen LogP contribution < -0.4 is 5.32 Å². The first-order chi connectivity index (χ1) is 9.47. The second-order valence-electron chi connectivity index (χ2n) is 6.87.